The molecule has 0 spiro atoms. The zero-order chi connectivity index (χ0) is 14.1. The third kappa shape index (κ3) is 2.82. The van der Waals surface area contributed by atoms with Gasteiger partial charge in [-0.25, -0.2) is 0 Å². The van der Waals surface area contributed by atoms with Crippen molar-refractivity contribution >= 4 is 5.91 Å². The second-order valence-electron chi connectivity index (χ2n) is 5.59. The topological polar surface area (TPSA) is 69.6 Å². The lowest BCUT2D eigenvalue weighted by atomic mass is 9.85. The lowest BCUT2D eigenvalue weighted by Gasteiger charge is -2.38. The molecule has 4 nitrogen and oxygen atoms in total. The number of rotatable bonds is 3. The van der Waals surface area contributed by atoms with E-state index in [2.05, 4.69) is 5.32 Å². The van der Waals surface area contributed by atoms with Crippen LogP contribution in [0.25, 0.3) is 0 Å². The minimum atomic E-state index is -1.05. The van der Waals surface area contributed by atoms with Crippen LogP contribution in [-0.2, 0) is 0 Å². The standard InChI is InChI=1S/C14H21NO3/c1-9-10(7-6-8-11(9)16)12(17)15-13(2,3)14(4,5)18/h6-8,16,18H,1-5H3,(H,15,17). The average molecular weight is 251 g/mol. The molecule has 1 aromatic rings. The van der Waals surface area contributed by atoms with Gasteiger partial charge in [-0.3, -0.25) is 4.79 Å². The molecule has 1 aromatic carbocycles. The average Bonchev–Trinajstić information content (AvgIpc) is 2.19. The Bertz CT molecular complexity index is 459. The van der Waals surface area contributed by atoms with E-state index in [1.54, 1.807) is 46.8 Å². The molecule has 100 valence electrons. The lowest BCUT2D eigenvalue weighted by Crippen LogP contribution is -2.57. The number of phenols is 1. The van der Waals surface area contributed by atoms with E-state index >= 15 is 0 Å². The quantitative estimate of drug-likeness (QED) is 0.769. The van der Waals surface area contributed by atoms with E-state index in [4.69, 9.17) is 0 Å². The third-order valence-electron chi connectivity index (χ3n) is 3.51. The van der Waals surface area contributed by atoms with Crippen molar-refractivity contribution in [2.45, 2.75) is 45.8 Å². The van der Waals surface area contributed by atoms with E-state index in [1.807, 2.05) is 0 Å². The Labute approximate surface area is 108 Å². The van der Waals surface area contributed by atoms with Crippen molar-refractivity contribution in [1.82, 2.24) is 5.32 Å². The third-order valence-corrected chi connectivity index (χ3v) is 3.51. The molecule has 1 amide bonds. The minimum Gasteiger partial charge on any atom is -0.508 e. The molecule has 0 saturated carbocycles. The highest BCUT2D eigenvalue weighted by Gasteiger charge is 2.36. The molecule has 0 saturated heterocycles. The summed E-state index contributed by atoms with van der Waals surface area (Å²) in [6, 6.07) is 4.80. The highest BCUT2D eigenvalue weighted by Crippen LogP contribution is 2.23. The first-order chi connectivity index (χ1) is 8.06. The van der Waals surface area contributed by atoms with E-state index in [-0.39, 0.29) is 11.7 Å². The molecular formula is C14H21NO3. The summed E-state index contributed by atoms with van der Waals surface area (Å²) in [6.45, 7) is 8.47. The van der Waals surface area contributed by atoms with Crippen molar-refractivity contribution in [3.8, 4) is 5.75 Å². The van der Waals surface area contributed by atoms with Gasteiger partial charge in [0, 0.05) is 11.1 Å². The summed E-state index contributed by atoms with van der Waals surface area (Å²) >= 11 is 0. The second kappa shape index (κ2) is 4.61. The number of benzene rings is 1. The fourth-order valence-electron chi connectivity index (χ4n) is 1.37. The molecule has 0 unspecified atom stereocenters. The van der Waals surface area contributed by atoms with Gasteiger partial charge in [-0.15, -0.1) is 0 Å². The zero-order valence-electron chi connectivity index (χ0n) is 11.5. The first-order valence-electron chi connectivity index (χ1n) is 5.90. The summed E-state index contributed by atoms with van der Waals surface area (Å²) in [6.07, 6.45) is 0. The molecule has 1 rings (SSSR count). The smallest absolute Gasteiger partial charge is 0.252 e. The van der Waals surface area contributed by atoms with Crippen molar-refractivity contribution in [3.63, 3.8) is 0 Å². The molecule has 0 bridgehead atoms. The molecule has 0 aliphatic carbocycles. The van der Waals surface area contributed by atoms with Gasteiger partial charge in [-0.05, 0) is 46.8 Å². The monoisotopic (exact) mass is 251 g/mol. The summed E-state index contributed by atoms with van der Waals surface area (Å²) in [5.41, 5.74) is -0.885. The number of hydrogen-bond acceptors (Lipinski definition) is 3. The highest BCUT2D eigenvalue weighted by atomic mass is 16.3. The molecule has 3 N–H and O–H groups in total. The van der Waals surface area contributed by atoms with Gasteiger partial charge in [0.25, 0.3) is 5.91 Å². The van der Waals surface area contributed by atoms with E-state index in [9.17, 15) is 15.0 Å². The summed E-state index contributed by atoms with van der Waals surface area (Å²) in [4.78, 5) is 12.1. The number of aromatic hydroxyl groups is 1. The second-order valence-corrected chi connectivity index (χ2v) is 5.59. The number of nitrogens with one attached hydrogen (secondary N) is 1. The van der Waals surface area contributed by atoms with E-state index < -0.39 is 11.1 Å². The predicted octanol–water partition coefficient (Wildman–Crippen LogP) is 1.98. The summed E-state index contributed by atoms with van der Waals surface area (Å²) in [5, 5.41) is 22.4. The number of aliphatic hydroxyl groups is 1. The van der Waals surface area contributed by atoms with Crippen LogP contribution in [0.1, 0.15) is 43.6 Å². The van der Waals surface area contributed by atoms with Gasteiger partial charge in [0.1, 0.15) is 5.75 Å². The molecule has 18 heavy (non-hydrogen) atoms. The first-order valence-corrected chi connectivity index (χ1v) is 5.90. The molecule has 0 radical (unpaired) electrons. The van der Waals surface area contributed by atoms with E-state index in [0.717, 1.165) is 0 Å². The number of amides is 1. The van der Waals surface area contributed by atoms with E-state index in [0.29, 0.717) is 11.1 Å². The van der Waals surface area contributed by atoms with Crippen molar-refractivity contribution in [2.24, 2.45) is 0 Å². The number of carbonyl (C=O) groups excluding carboxylic acids is 1. The fraction of sp³-hybridized carbons (Fsp3) is 0.500. The van der Waals surface area contributed by atoms with Gasteiger partial charge in [0.15, 0.2) is 0 Å². The van der Waals surface area contributed by atoms with Crippen LogP contribution in [0.15, 0.2) is 18.2 Å². The van der Waals surface area contributed by atoms with Crippen LogP contribution < -0.4 is 5.32 Å². The van der Waals surface area contributed by atoms with Crippen molar-refractivity contribution in [3.05, 3.63) is 29.3 Å². The van der Waals surface area contributed by atoms with Crippen LogP contribution in [0.3, 0.4) is 0 Å². The highest BCUT2D eigenvalue weighted by molar-refractivity contribution is 5.96. The van der Waals surface area contributed by atoms with Gasteiger partial charge in [0.05, 0.1) is 11.1 Å². The Morgan fingerprint density at radius 1 is 1.22 bits per heavy atom. The van der Waals surface area contributed by atoms with Crippen molar-refractivity contribution in [2.75, 3.05) is 0 Å². The van der Waals surface area contributed by atoms with Crippen LogP contribution in [0.4, 0.5) is 0 Å². The maximum atomic E-state index is 12.1. The number of hydrogen-bond donors (Lipinski definition) is 3. The predicted molar refractivity (Wildman–Crippen MR) is 70.7 cm³/mol. The molecule has 0 aromatic heterocycles. The molecule has 0 heterocycles. The molecule has 0 aliphatic heterocycles. The van der Waals surface area contributed by atoms with Gasteiger partial charge in [-0.2, -0.15) is 0 Å². The molecular weight excluding hydrogens is 230 g/mol. The Balaban J connectivity index is 3.00. The van der Waals surface area contributed by atoms with E-state index in [1.165, 1.54) is 6.07 Å². The lowest BCUT2D eigenvalue weighted by molar-refractivity contribution is -0.00294. The molecule has 0 fully saturated rings. The van der Waals surface area contributed by atoms with Gasteiger partial charge in [-0.1, -0.05) is 6.07 Å². The van der Waals surface area contributed by atoms with Crippen LogP contribution in [0, 0.1) is 6.92 Å². The Kier molecular flexibility index (Phi) is 3.72. The van der Waals surface area contributed by atoms with Crippen LogP contribution >= 0.6 is 0 Å². The SMILES string of the molecule is Cc1c(O)cccc1C(=O)NC(C)(C)C(C)(C)O. The number of carbonyl (C=O) groups is 1. The van der Waals surface area contributed by atoms with Gasteiger partial charge in [0.2, 0.25) is 0 Å². The van der Waals surface area contributed by atoms with Gasteiger partial charge < -0.3 is 15.5 Å². The maximum Gasteiger partial charge on any atom is 0.252 e. The van der Waals surface area contributed by atoms with Crippen molar-refractivity contribution < 1.29 is 15.0 Å². The normalized spacial score (nSPS) is 12.3. The Morgan fingerprint density at radius 3 is 2.28 bits per heavy atom. The summed E-state index contributed by atoms with van der Waals surface area (Å²) in [5.74, 6) is -0.223. The van der Waals surface area contributed by atoms with Crippen LogP contribution in [0.5, 0.6) is 5.75 Å². The molecule has 0 aliphatic rings. The largest absolute Gasteiger partial charge is 0.508 e. The Morgan fingerprint density at radius 2 is 1.78 bits per heavy atom. The minimum absolute atomic E-state index is 0.0868. The first kappa shape index (κ1) is 14.5. The maximum absolute atomic E-state index is 12.1. The molecule has 0 atom stereocenters. The summed E-state index contributed by atoms with van der Waals surface area (Å²) in [7, 11) is 0. The molecule has 4 heteroatoms. The number of phenolic OH excluding ortho intramolecular Hbond substituents is 1. The van der Waals surface area contributed by atoms with Crippen molar-refractivity contribution in [1.29, 1.82) is 0 Å². The summed E-state index contributed by atoms with van der Waals surface area (Å²) < 4.78 is 0. The van der Waals surface area contributed by atoms with Gasteiger partial charge >= 0.3 is 0 Å². The zero-order valence-corrected chi connectivity index (χ0v) is 11.5. The van der Waals surface area contributed by atoms with Crippen LogP contribution in [0.2, 0.25) is 0 Å². The van der Waals surface area contributed by atoms with Crippen LogP contribution in [-0.4, -0.2) is 27.3 Å². The fourth-order valence-corrected chi connectivity index (χ4v) is 1.37. The Hall–Kier alpha value is -1.55.